The predicted molar refractivity (Wildman–Crippen MR) is 92.5 cm³/mol. The Bertz CT molecular complexity index is 835. The largest absolute Gasteiger partial charge is 0.493 e. The standard InChI is InChI=1S/C18H19N3O4/c1-11-8-12-9-16(24-2)17(25-3)10-14(12)18(20-19-11)13-6-4-5-7-15(13)21(22)23/h4-7,9-11,18H,8H2,1-3H3/t11-,18?/m1/s1. The number of rotatable bonds is 4. The number of benzene rings is 2. The van der Waals surface area contributed by atoms with E-state index in [2.05, 4.69) is 10.2 Å². The summed E-state index contributed by atoms with van der Waals surface area (Å²) >= 11 is 0. The van der Waals surface area contributed by atoms with Crippen LogP contribution >= 0.6 is 0 Å². The number of fused-ring (bicyclic) bond motifs is 1. The Labute approximate surface area is 145 Å². The molecule has 1 aliphatic rings. The molecule has 2 atom stereocenters. The minimum absolute atomic E-state index is 0.0235. The molecule has 0 aliphatic carbocycles. The van der Waals surface area contributed by atoms with E-state index in [4.69, 9.17) is 9.47 Å². The lowest BCUT2D eigenvalue weighted by atomic mass is 9.91. The van der Waals surface area contributed by atoms with Crippen molar-refractivity contribution in [2.75, 3.05) is 14.2 Å². The molecule has 1 aliphatic heterocycles. The lowest BCUT2D eigenvalue weighted by molar-refractivity contribution is -0.385. The molecule has 3 rings (SSSR count). The molecule has 0 saturated heterocycles. The number of methoxy groups -OCH3 is 2. The van der Waals surface area contributed by atoms with Crippen molar-refractivity contribution in [2.24, 2.45) is 10.2 Å². The maximum Gasteiger partial charge on any atom is 0.275 e. The van der Waals surface area contributed by atoms with E-state index in [9.17, 15) is 10.1 Å². The lowest BCUT2D eigenvalue weighted by Gasteiger charge is -2.18. The van der Waals surface area contributed by atoms with Gasteiger partial charge >= 0.3 is 0 Å². The molecule has 0 aromatic heterocycles. The average Bonchev–Trinajstić information content (AvgIpc) is 2.78. The number of hydrogen-bond acceptors (Lipinski definition) is 6. The van der Waals surface area contributed by atoms with Crippen molar-refractivity contribution < 1.29 is 14.4 Å². The van der Waals surface area contributed by atoms with Gasteiger partial charge in [0.25, 0.3) is 5.69 Å². The second kappa shape index (κ2) is 6.88. The minimum atomic E-state index is -0.554. The smallest absolute Gasteiger partial charge is 0.275 e. The number of nitrogens with zero attached hydrogens (tertiary/aromatic N) is 3. The third-order valence-electron chi connectivity index (χ3n) is 4.26. The third kappa shape index (κ3) is 3.17. The third-order valence-corrected chi connectivity index (χ3v) is 4.26. The van der Waals surface area contributed by atoms with Gasteiger partial charge in [0.05, 0.1) is 30.7 Å². The Morgan fingerprint density at radius 2 is 1.76 bits per heavy atom. The Kier molecular flexibility index (Phi) is 4.65. The molecular weight excluding hydrogens is 322 g/mol. The van der Waals surface area contributed by atoms with Gasteiger partial charge in [-0.2, -0.15) is 10.2 Å². The van der Waals surface area contributed by atoms with E-state index in [1.54, 1.807) is 32.4 Å². The highest BCUT2D eigenvalue weighted by atomic mass is 16.6. The number of ether oxygens (including phenoxy) is 2. The fourth-order valence-electron chi connectivity index (χ4n) is 3.08. The van der Waals surface area contributed by atoms with Gasteiger partial charge in [0, 0.05) is 6.07 Å². The van der Waals surface area contributed by atoms with Crippen LogP contribution in [0.4, 0.5) is 5.69 Å². The molecular formula is C18H19N3O4. The normalized spacial score (nSPS) is 19.0. The molecule has 0 amide bonds. The zero-order valence-corrected chi connectivity index (χ0v) is 14.3. The van der Waals surface area contributed by atoms with Crippen molar-refractivity contribution in [3.8, 4) is 11.5 Å². The summed E-state index contributed by atoms with van der Waals surface area (Å²) in [6, 6.07) is 9.79. The van der Waals surface area contributed by atoms with Crippen LogP contribution in [0, 0.1) is 10.1 Å². The summed E-state index contributed by atoms with van der Waals surface area (Å²) in [6.45, 7) is 1.96. The van der Waals surface area contributed by atoms with Gasteiger partial charge in [-0.05, 0) is 42.7 Å². The second-order valence-corrected chi connectivity index (χ2v) is 5.91. The molecule has 0 spiro atoms. The van der Waals surface area contributed by atoms with E-state index >= 15 is 0 Å². The molecule has 2 aromatic carbocycles. The molecule has 0 N–H and O–H groups in total. The predicted octanol–water partition coefficient (Wildman–Crippen LogP) is 4.10. The topological polar surface area (TPSA) is 86.3 Å². The zero-order chi connectivity index (χ0) is 18.0. The van der Waals surface area contributed by atoms with Crippen molar-refractivity contribution in [1.82, 2.24) is 0 Å². The van der Waals surface area contributed by atoms with Crippen LogP contribution in [-0.4, -0.2) is 25.2 Å². The van der Waals surface area contributed by atoms with Crippen molar-refractivity contribution in [1.29, 1.82) is 0 Å². The number of nitro benzene ring substituents is 1. The van der Waals surface area contributed by atoms with E-state index < -0.39 is 6.04 Å². The van der Waals surface area contributed by atoms with E-state index in [1.165, 1.54) is 6.07 Å². The number of nitro groups is 1. The summed E-state index contributed by atoms with van der Waals surface area (Å²) in [5, 5.41) is 20.2. The highest BCUT2D eigenvalue weighted by molar-refractivity contribution is 5.54. The van der Waals surface area contributed by atoms with Gasteiger partial charge in [-0.3, -0.25) is 10.1 Å². The number of azo groups is 1. The van der Waals surface area contributed by atoms with Crippen LogP contribution < -0.4 is 9.47 Å². The molecule has 0 saturated carbocycles. The fraction of sp³-hybridized carbons (Fsp3) is 0.333. The first-order valence-electron chi connectivity index (χ1n) is 7.93. The molecule has 7 nitrogen and oxygen atoms in total. The van der Waals surface area contributed by atoms with Gasteiger partial charge in [0.1, 0.15) is 6.04 Å². The Balaban J connectivity index is 2.23. The molecule has 25 heavy (non-hydrogen) atoms. The summed E-state index contributed by atoms with van der Waals surface area (Å²) in [5.41, 5.74) is 2.39. The molecule has 2 aromatic rings. The molecule has 0 bridgehead atoms. The van der Waals surface area contributed by atoms with Gasteiger partial charge < -0.3 is 9.47 Å². The van der Waals surface area contributed by atoms with Gasteiger partial charge in [-0.1, -0.05) is 12.1 Å². The van der Waals surface area contributed by atoms with Crippen molar-refractivity contribution in [3.05, 3.63) is 63.2 Å². The van der Waals surface area contributed by atoms with Crippen LogP contribution in [0.2, 0.25) is 0 Å². The first-order chi connectivity index (χ1) is 12.0. The number of hydrogen-bond donors (Lipinski definition) is 0. The SMILES string of the molecule is COc1cc2c(cc1OC)C(c1ccccc1[N+](=O)[O-])N=N[C@H](C)C2. The van der Waals surface area contributed by atoms with E-state index in [-0.39, 0.29) is 16.7 Å². The van der Waals surface area contributed by atoms with E-state index in [0.717, 1.165) is 11.1 Å². The summed E-state index contributed by atoms with van der Waals surface area (Å²) < 4.78 is 10.8. The van der Waals surface area contributed by atoms with E-state index in [1.807, 2.05) is 19.1 Å². The van der Waals surface area contributed by atoms with Gasteiger partial charge in [0.2, 0.25) is 0 Å². The van der Waals surface area contributed by atoms with Gasteiger partial charge in [-0.25, -0.2) is 0 Å². The maximum atomic E-state index is 11.4. The molecule has 0 fully saturated rings. The first kappa shape index (κ1) is 16.9. The fourth-order valence-corrected chi connectivity index (χ4v) is 3.08. The Morgan fingerprint density at radius 1 is 1.08 bits per heavy atom. The summed E-state index contributed by atoms with van der Waals surface area (Å²) in [4.78, 5) is 11.0. The van der Waals surface area contributed by atoms with Crippen LogP contribution in [0.5, 0.6) is 11.5 Å². The van der Waals surface area contributed by atoms with Crippen LogP contribution in [0.1, 0.15) is 29.7 Å². The monoisotopic (exact) mass is 341 g/mol. The highest BCUT2D eigenvalue weighted by Crippen LogP contribution is 2.41. The molecule has 1 heterocycles. The summed E-state index contributed by atoms with van der Waals surface area (Å²) in [5.74, 6) is 1.19. The second-order valence-electron chi connectivity index (χ2n) is 5.91. The lowest BCUT2D eigenvalue weighted by Crippen LogP contribution is -2.07. The average molecular weight is 341 g/mol. The van der Waals surface area contributed by atoms with Crippen molar-refractivity contribution >= 4 is 5.69 Å². The van der Waals surface area contributed by atoms with E-state index in [0.29, 0.717) is 23.5 Å². The quantitative estimate of drug-likeness (QED) is 0.619. The zero-order valence-electron chi connectivity index (χ0n) is 14.3. The van der Waals surface area contributed by atoms with Gasteiger partial charge in [-0.15, -0.1) is 0 Å². The molecule has 7 heteroatoms. The first-order valence-corrected chi connectivity index (χ1v) is 7.93. The van der Waals surface area contributed by atoms with Crippen molar-refractivity contribution in [2.45, 2.75) is 25.4 Å². The minimum Gasteiger partial charge on any atom is -0.493 e. The Morgan fingerprint density at radius 3 is 2.44 bits per heavy atom. The summed E-state index contributed by atoms with van der Waals surface area (Å²) in [6.07, 6.45) is 0.677. The van der Waals surface area contributed by atoms with Crippen LogP contribution in [-0.2, 0) is 6.42 Å². The highest BCUT2D eigenvalue weighted by Gasteiger charge is 2.29. The number of para-hydroxylation sites is 1. The molecule has 130 valence electrons. The maximum absolute atomic E-state index is 11.4. The van der Waals surface area contributed by atoms with Gasteiger partial charge in [0.15, 0.2) is 11.5 Å². The molecule has 1 unspecified atom stereocenters. The van der Waals surface area contributed by atoms with Crippen LogP contribution in [0.3, 0.4) is 0 Å². The van der Waals surface area contributed by atoms with Crippen molar-refractivity contribution in [3.63, 3.8) is 0 Å². The Hall–Kier alpha value is -2.96. The van der Waals surface area contributed by atoms with Crippen LogP contribution in [0.25, 0.3) is 0 Å². The van der Waals surface area contributed by atoms with Crippen LogP contribution in [0.15, 0.2) is 46.6 Å². The molecule has 0 radical (unpaired) electrons. The summed E-state index contributed by atoms with van der Waals surface area (Å²) in [7, 11) is 3.14.